The van der Waals surface area contributed by atoms with E-state index in [0.717, 1.165) is 11.1 Å². The third-order valence-corrected chi connectivity index (χ3v) is 2.58. The third kappa shape index (κ3) is 2.63. The van der Waals surface area contributed by atoms with Gasteiger partial charge in [0.05, 0.1) is 0 Å². The molecule has 2 rings (SSSR count). The Hall–Kier alpha value is -0.760. The summed E-state index contributed by atoms with van der Waals surface area (Å²) in [6, 6.07) is 8.95. The molecule has 1 heterocycles. The van der Waals surface area contributed by atoms with E-state index in [0.29, 0.717) is 15.2 Å². The molecular weight excluding hydrogens is 252 g/mol. The molecule has 0 unspecified atom stereocenters. The van der Waals surface area contributed by atoms with Gasteiger partial charge in [-0.3, -0.25) is 0 Å². The van der Waals surface area contributed by atoms with Gasteiger partial charge in [0.15, 0.2) is 0 Å². The summed E-state index contributed by atoms with van der Waals surface area (Å²) in [5.41, 5.74) is 1.86. The predicted molar refractivity (Wildman–Crippen MR) is 64.7 cm³/mol. The summed E-state index contributed by atoms with van der Waals surface area (Å²) in [5, 5.41) is 1.67. The Morgan fingerprint density at radius 3 is 2.00 bits per heavy atom. The van der Waals surface area contributed by atoms with Gasteiger partial charge in [0.1, 0.15) is 5.15 Å². The maximum absolute atomic E-state index is 5.90. The zero-order valence-corrected chi connectivity index (χ0v) is 9.81. The molecule has 0 bridgehead atoms. The fourth-order valence-electron chi connectivity index (χ4n) is 1.27. The molecule has 0 saturated heterocycles. The standard InChI is InChI=1S/C11H6Cl3N/c12-9-3-8(4-10(13)5-9)7-1-2-11(14)15-6-7/h1-6H. The highest BCUT2D eigenvalue weighted by Crippen LogP contribution is 2.27. The molecule has 0 spiro atoms. The Morgan fingerprint density at radius 1 is 0.800 bits per heavy atom. The van der Waals surface area contributed by atoms with Crippen LogP contribution in [0.3, 0.4) is 0 Å². The summed E-state index contributed by atoms with van der Waals surface area (Å²) in [5.74, 6) is 0. The van der Waals surface area contributed by atoms with Crippen LogP contribution in [0, 0.1) is 0 Å². The van der Waals surface area contributed by atoms with E-state index in [1.54, 1.807) is 18.3 Å². The highest BCUT2D eigenvalue weighted by atomic mass is 35.5. The van der Waals surface area contributed by atoms with Crippen LogP contribution in [0.25, 0.3) is 11.1 Å². The number of nitrogens with zero attached hydrogens (tertiary/aromatic N) is 1. The van der Waals surface area contributed by atoms with Crippen molar-refractivity contribution in [3.05, 3.63) is 51.7 Å². The zero-order chi connectivity index (χ0) is 10.8. The van der Waals surface area contributed by atoms with E-state index in [1.165, 1.54) is 0 Å². The maximum Gasteiger partial charge on any atom is 0.129 e. The summed E-state index contributed by atoms with van der Waals surface area (Å²) in [7, 11) is 0. The van der Waals surface area contributed by atoms with Crippen molar-refractivity contribution in [2.45, 2.75) is 0 Å². The van der Waals surface area contributed by atoms with Gasteiger partial charge in [0.25, 0.3) is 0 Å². The Balaban J connectivity index is 2.49. The molecule has 0 aliphatic rings. The lowest BCUT2D eigenvalue weighted by atomic mass is 10.1. The summed E-state index contributed by atoms with van der Waals surface area (Å²) in [6.07, 6.45) is 1.68. The van der Waals surface area contributed by atoms with E-state index in [-0.39, 0.29) is 0 Å². The number of hydrogen-bond donors (Lipinski definition) is 0. The molecule has 2 aromatic rings. The summed E-state index contributed by atoms with van der Waals surface area (Å²) < 4.78 is 0. The molecule has 0 N–H and O–H groups in total. The van der Waals surface area contributed by atoms with Crippen molar-refractivity contribution in [2.24, 2.45) is 0 Å². The molecule has 0 aliphatic heterocycles. The van der Waals surface area contributed by atoms with Gasteiger partial charge in [-0.25, -0.2) is 4.98 Å². The first kappa shape index (κ1) is 10.7. The summed E-state index contributed by atoms with van der Waals surface area (Å²) in [6.45, 7) is 0. The molecule has 15 heavy (non-hydrogen) atoms. The van der Waals surface area contributed by atoms with Crippen molar-refractivity contribution >= 4 is 34.8 Å². The van der Waals surface area contributed by atoms with Crippen LogP contribution >= 0.6 is 34.8 Å². The lowest BCUT2D eigenvalue weighted by Gasteiger charge is -2.02. The molecule has 0 amide bonds. The van der Waals surface area contributed by atoms with Crippen LogP contribution in [0.5, 0.6) is 0 Å². The monoisotopic (exact) mass is 257 g/mol. The number of pyridine rings is 1. The molecule has 76 valence electrons. The number of rotatable bonds is 1. The fourth-order valence-corrected chi connectivity index (χ4v) is 1.90. The second kappa shape index (κ2) is 4.40. The molecule has 1 nitrogen and oxygen atoms in total. The van der Waals surface area contributed by atoms with Crippen molar-refractivity contribution in [3.8, 4) is 11.1 Å². The molecule has 1 aromatic heterocycles. The number of aromatic nitrogens is 1. The molecule has 0 saturated carbocycles. The Bertz CT molecular complexity index is 459. The minimum atomic E-state index is 0.465. The lowest BCUT2D eigenvalue weighted by molar-refractivity contribution is 1.33. The van der Waals surface area contributed by atoms with Crippen LogP contribution in [-0.4, -0.2) is 4.98 Å². The minimum absolute atomic E-state index is 0.465. The maximum atomic E-state index is 5.90. The Labute approximate surface area is 103 Å². The van der Waals surface area contributed by atoms with E-state index >= 15 is 0 Å². The average Bonchev–Trinajstić information content (AvgIpc) is 2.17. The Kier molecular flexibility index (Phi) is 3.15. The molecule has 1 aromatic carbocycles. The smallest absolute Gasteiger partial charge is 0.129 e. The molecule has 0 radical (unpaired) electrons. The Morgan fingerprint density at radius 2 is 1.47 bits per heavy atom. The minimum Gasteiger partial charge on any atom is -0.244 e. The SMILES string of the molecule is Clc1cc(Cl)cc(-c2ccc(Cl)nc2)c1. The van der Waals surface area contributed by atoms with Crippen LogP contribution in [0.1, 0.15) is 0 Å². The second-order valence-electron chi connectivity index (χ2n) is 3.03. The van der Waals surface area contributed by atoms with Gasteiger partial charge >= 0.3 is 0 Å². The highest BCUT2D eigenvalue weighted by molar-refractivity contribution is 6.35. The number of hydrogen-bond acceptors (Lipinski definition) is 1. The van der Waals surface area contributed by atoms with E-state index in [4.69, 9.17) is 34.8 Å². The van der Waals surface area contributed by atoms with Gasteiger partial charge in [-0.15, -0.1) is 0 Å². The van der Waals surface area contributed by atoms with Gasteiger partial charge < -0.3 is 0 Å². The number of halogens is 3. The van der Waals surface area contributed by atoms with E-state index < -0.39 is 0 Å². The summed E-state index contributed by atoms with van der Waals surface area (Å²) >= 11 is 17.5. The van der Waals surface area contributed by atoms with Crippen molar-refractivity contribution in [1.82, 2.24) is 4.98 Å². The first-order valence-electron chi connectivity index (χ1n) is 4.23. The van der Waals surface area contributed by atoms with Crippen LogP contribution in [-0.2, 0) is 0 Å². The van der Waals surface area contributed by atoms with Gasteiger partial charge in [0.2, 0.25) is 0 Å². The van der Waals surface area contributed by atoms with Gasteiger partial charge in [-0.1, -0.05) is 34.8 Å². The van der Waals surface area contributed by atoms with Crippen molar-refractivity contribution in [3.63, 3.8) is 0 Å². The highest BCUT2D eigenvalue weighted by Gasteiger charge is 2.01. The van der Waals surface area contributed by atoms with E-state index in [1.807, 2.05) is 18.2 Å². The van der Waals surface area contributed by atoms with Crippen molar-refractivity contribution in [2.75, 3.05) is 0 Å². The summed E-state index contributed by atoms with van der Waals surface area (Å²) in [4.78, 5) is 3.99. The number of benzene rings is 1. The molecular formula is C11H6Cl3N. The van der Waals surface area contributed by atoms with E-state index in [9.17, 15) is 0 Å². The zero-order valence-electron chi connectivity index (χ0n) is 7.55. The predicted octanol–water partition coefficient (Wildman–Crippen LogP) is 4.71. The van der Waals surface area contributed by atoms with Gasteiger partial charge in [-0.05, 0) is 35.9 Å². The topological polar surface area (TPSA) is 12.9 Å². The second-order valence-corrected chi connectivity index (χ2v) is 4.29. The largest absolute Gasteiger partial charge is 0.244 e. The quantitative estimate of drug-likeness (QED) is 0.675. The lowest BCUT2D eigenvalue weighted by Crippen LogP contribution is -1.80. The molecule has 0 aliphatic carbocycles. The van der Waals surface area contributed by atoms with Crippen molar-refractivity contribution in [1.29, 1.82) is 0 Å². The van der Waals surface area contributed by atoms with Gasteiger partial charge in [0, 0.05) is 21.8 Å². The third-order valence-electron chi connectivity index (χ3n) is 1.92. The van der Waals surface area contributed by atoms with Crippen molar-refractivity contribution < 1.29 is 0 Å². The first-order valence-corrected chi connectivity index (χ1v) is 5.36. The van der Waals surface area contributed by atoms with Crippen LogP contribution in [0.2, 0.25) is 15.2 Å². The molecule has 0 atom stereocenters. The normalized spacial score (nSPS) is 10.3. The average molecular weight is 259 g/mol. The molecule has 0 fully saturated rings. The van der Waals surface area contributed by atoms with Crippen LogP contribution in [0.4, 0.5) is 0 Å². The van der Waals surface area contributed by atoms with Crippen LogP contribution < -0.4 is 0 Å². The molecule has 4 heteroatoms. The van der Waals surface area contributed by atoms with E-state index in [2.05, 4.69) is 4.98 Å². The first-order chi connectivity index (χ1) is 7.15. The van der Waals surface area contributed by atoms with Crippen LogP contribution in [0.15, 0.2) is 36.5 Å². The van der Waals surface area contributed by atoms with Gasteiger partial charge in [-0.2, -0.15) is 0 Å². The fraction of sp³-hybridized carbons (Fsp3) is 0.